The molecule has 1 amide bonds. The fourth-order valence-corrected chi connectivity index (χ4v) is 3.66. The largest absolute Gasteiger partial charge is 0.372 e. The van der Waals surface area contributed by atoms with Crippen LogP contribution < -0.4 is 4.90 Å². The van der Waals surface area contributed by atoms with Gasteiger partial charge in [-0.15, -0.1) is 0 Å². The van der Waals surface area contributed by atoms with Crippen LogP contribution in [-0.2, 0) is 9.53 Å². The Morgan fingerprint density at radius 1 is 1.42 bits per heavy atom. The Morgan fingerprint density at radius 2 is 2.21 bits per heavy atom. The molecule has 0 saturated carbocycles. The van der Waals surface area contributed by atoms with Crippen LogP contribution >= 0.6 is 15.9 Å². The number of carbonyl (C=O) groups excluding carboxylic acids is 1. The SMILES string of the molecule is O=C(/C=C/c1cc(Br)ccc1F)N1CC[NH+](C[C@H]2CCCO2)CC1. The number of amides is 1. The molecule has 130 valence electrons. The van der Waals surface area contributed by atoms with Crippen molar-refractivity contribution in [2.24, 2.45) is 0 Å². The van der Waals surface area contributed by atoms with Gasteiger partial charge in [0, 0.05) is 22.7 Å². The number of nitrogens with zero attached hydrogens (tertiary/aromatic N) is 1. The Balaban J connectivity index is 1.49. The molecule has 0 unspecified atom stereocenters. The summed E-state index contributed by atoms with van der Waals surface area (Å²) in [5.74, 6) is -0.376. The van der Waals surface area contributed by atoms with Crippen molar-refractivity contribution >= 4 is 27.9 Å². The lowest BCUT2D eigenvalue weighted by atomic mass is 10.2. The van der Waals surface area contributed by atoms with E-state index in [4.69, 9.17) is 4.74 Å². The Kier molecular flexibility index (Phi) is 6.03. The van der Waals surface area contributed by atoms with Crippen LogP contribution in [0.2, 0.25) is 0 Å². The minimum atomic E-state index is -0.326. The van der Waals surface area contributed by atoms with Crippen molar-refractivity contribution in [1.29, 1.82) is 0 Å². The summed E-state index contributed by atoms with van der Waals surface area (Å²) in [6.45, 7) is 5.31. The first-order chi connectivity index (χ1) is 11.6. The molecule has 4 nitrogen and oxygen atoms in total. The van der Waals surface area contributed by atoms with E-state index in [0.29, 0.717) is 11.7 Å². The normalized spacial score (nSPS) is 22.4. The highest BCUT2D eigenvalue weighted by Gasteiger charge is 2.26. The maximum atomic E-state index is 13.7. The summed E-state index contributed by atoms with van der Waals surface area (Å²) >= 11 is 3.31. The van der Waals surface area contributed by atoms with Gasteiger partial charge in [0.05, 0.1) is 26.2 Å². The molecule has 0 aliphatic carbocycles. The number of carbonyl (C=O) groups is 1. The Hall–Kier alpha value is -1.24. The first kappa shape index (κ1) is 17.6. The number of hydrogen-bond acceptors (Lipinski definition) is 2. The maximum Gasteiger partial charge on any atom is 0.246 e. The molecule has 0 radical (unpaired) electrons. The lowest BCUT2D eigenvalue weighted by molar-refractivity contribution is -0.906. The number of nitrogens with one attached hydrogen (secondary N) is 1. The summed E-state index contributed by atoms with van der Waals surface area (Å²) in [5, 5.41) is 0. The number of hydrogen-bond donors (Lipinski definition) is 1. The molecule has 2 heterocycles. The second-order valence-electron chi connectivity index (χ2n) is 6.41. The molecule has 2 fully saturated rings. The fourth-order valence-electron chi connectivity index (χ4n) is 3.28. The van der Waals surface area contributed by atoms with Gasteiger partial charge in [-0.2, -0.15) is 0 Å². The van der Waals surface area contributed by atoms with Crippen molar-refractivity contribution in [3.8, 4) is 0 Å². The van der Waals surface area contributed by atoms with E-state index in [1.165, 1.54) is 23.5 Å². The van der Waals surface area contributed by atoms with E-state index >= 15 is 0 Å². The van der Waals surface area contributed by atoms with E-state index in [-0.39, 0.29) is 11.7 Å². The van der Waals surface area contributed by atoms with Crippen LogP contribution in [0.3, 0.4) is 0 Å². The van der Waals surface area contributed by atoms with Gasteiger partial charge < -0.3 is 14.5 Å². The summed E-state index contributed by atoms with van der Waals surface area (Å²) in [6, 6.07) is 4.70. The van der Waals surface area contributed by atoms with Gasteiger partial charge in [-0.1, -0.05) is 15.9 Å². The number of quaternary nitrogens is 1. The Bertz CT molecular complexity index is 609. The van der Waals surface area contributed by atoms with E-state index in [1.807, 2.05) is 4.90 Å². The first-order valence-electron chi connectivity index (χ1n) is 8.49. The van der Waals surface area contributed by atoms with Crippen LogP contribution in [-0.4, -0.2) is 56.2 Å². The van der Waals surface area contributed by atoms with E-state index in [9.17, 15) is 9.18 Å². The minimum absolute atomic E-state index is 0.0504. The van der Waals surface area contributed by atoms with Crippen LogP contribution in [0.4, 0.5) is 4.39 Å². The summed E-state index contributed by atoms with van der Waals surface area (Å²) < 4.78 is 20.2. The van der Waals surface area contributed by atoms with Crippen LogP contribution in [0.25, 0.3) is 6.08 Å². The van der Waals surface area contributed by atoms with Gasteiger partial charge in [0.15, 0.2) is 0 Å². The lowest BCUT2D eigenvalue weighted by Crippen LogP contribution is -3.15. The highest BCUT2D eigenvalue weighted by molar-refractivity contribution is 9.10. The van der Waals surface area contributed by atoms with Crippen LogP contribution in [0.1, 0.15) is 18.4 Å². The summed E-state index contributed by atoms with van der Waals surface area (Å²) in [5.41, 5.74) is 0.417. The van der Waals surface area contributed by atoms with Gasteiger partial charge in [0.1, 0.15) is 18.5 Å². The predicted molar refractivity (Wildman–Crippen MR) is 94.3 cm³/mol. The molecule has 1 atom stereocenters. The molecule has 1 N–H and O–H groups in total. The molecular formula is C18H23BrFN2O2+. The highest BCUT2D eigenvalue weighted by atomic mass is 79.9. The smallest absolute Gasteiger partial charge is 0.246 e. The zero-order chi connectivity index (χ0) is 16.9. The molecule has 6 heteroatoms. The third-order valence-corrected chi connectivity index (χ3v) is 5.18. The molecular weight excluding hydrogens is 375 g/mol. The quantitative estimate of drug-likeness (QED) is 0.781. The molecule has 2 aliphatic heterocycles. The standard InChI is InChI=1S/C18H22BrFN2O2/c19-15-4-5-17(20)14(12-15)3-6-18(23)22-9-7-21(8-10-22)13-16-2-1-11-24-16/h3-6,12,16H,1-2,7-11,13H2/p+1/b6-3+/t16-/m1/s1. The van der Waals surface area contributed by atoms with Crippen molar-refractivity contribution in [1.82, 2.24) is 4.90 Å². The minimum Gasteiger partial charge on any atom is -0.372 e. The van der Waals surface area contributed by atoms with Gasteiger partial charge in [-0.3, -0.25) is 4.79 Å². The number of ether oxygens (including phenoxy) is 1. The first-order valence-corrected chi connectivity index (χ1v) is 9.28. The van der Waals surface area contributed by atoms with Gasteiger partial charge >= 0.3 is 0 Å². The molecule has 0 spiro atoms. The topological polar surface area (TPSA) is 34.0 Å². The summed E-state index contributed by atoms with van der Waals surface area (Å²) in [4.78, 5) is 15.6. The van der Waals surface area contributed by atoms with Gasteiger partial charge in [-0.05, 0) is 37.1 Å². The van der Waals surface area contributed by atoms with Crippen LogP contribution in [0.15, 0.2) is 28.7 Å². The van der Waals surface area contributed by atoms with Crippen LogP contribution in [0, 0.1) is 5.82 Å². The summed E-state index contributed by atoms with van der Waals surface area (Å²) in [7, 11) is 0. The van der Waals surface area contributed by atoms with Crippen molar-refractivity contribution < 1.29 is 18.8 Å². The molecule has 1 aromatic rings. The highest BCUT2D eigenvalue weighted by Crippen LogP contribution is 2.17. The summed E-state index contributed by atoms with van der Waals surface area (Å²) in [6.07, 6.45) is 5.73. The number of benzene rings is 1. The van der Waals surface area contributed by atoms with Crippen molar-refractivity contribution in [2.45, 2.75) is 18.9 Å². The second-order valence-corrected chi connectivity index (χ2v) is 7.33. The maximum absolute atomic E-state index is 13.7. The van der Waals surface area contributed by atoms with Gasteiger partial charge in [0.2, 0.25) is 5.91 Å². The van der Waals surface area contributed by atoms with Crippen molar-refractivity contribution in [3.63, 3.8) is 0 Å². The number of piperazine rings is 1. The molecule has 0 aromatic heterocycles. The number of rotatable bonds is 4. The van der Waals surface area contributed by atoms with Gasteiger partial charge in [0.25, 0.3) is 0 Å². The zero-order valence-electron chi connectivity index (χ0n) is 13.6. The Labute approximate surface area is 150 Å². The second kappa shape index (κ2) is 8.23. The van der Waals surface area contributed by atoms with E-state index < -0.39 is 0 Å². The predicted octanol–water partition coefficient (Wildman–Crippen LogP) is 1.51. The third-order valence-electron chi connectivity index (χ3n) is 4.69. The third kappa shape index (κ3) is 4.65. The zero-order valence-corrected chi connectivity index (χ0v) is 15.2. The van der Waals surface area contributed by atoms with Crippen LogP contribution in [0.5, 0.6) is 0 Å². The van der Waals surface area contributed by atoms with E-state index in [0.717, 1.165) is 50.2 Å². The molecule has 3 rings (SSSR count). The molecule has 2 saturated heterocycles. The molecule has 2 aliphatic rings. The average Bonchev–Trinajstić information content (AvgIpc) is 3.09. The lowest BCUT2D eigenvalue weighted by Gasteiger charge is -2.32. The fraction of sp³-hybridized carbons (Fsp3) is 0.500. The number of halogens is 2. The molecule has 0 bridgehead atoms. The molecule has 1 aromatic carbocycles. The van der Waals surface area contributed by atoms with Gasteiger partial charge in [-0.25, -0.2) is 4.39 Å². The Morgan fingerprint density at radius 3 is 2.92 bits per heavy atom. The van der Waals surface area contributed by atoms with Crippen molar-refractivity contribution in [2.75, 3.05) is 39.3 Å². The molecule has 24 heavy (non-hydrogen) atoms. The monoisotopic (exact) mass is 397 g/mol. The van der Waals surface area contributed by atoms with Crippen molar-refractivity contribution in [3.05, 3.63) is 40.1 Å². The van der Waals surface area contributed by atoms with E-state index in [2.05, 4.69) is 15.9 Å². The average molecular weight is 398 g/mol. The van der Waals surface area contributed by atoms with E-state index in [1.54, 1.807) is 18.2 Å².